The Morgan fingerprint density at radius 3 is 2.57 bits per heavy atom. The summed E-state index contributed by atoms with van der Waals surface area (Å²) in [5.41, 5.74) is 3.06. The standard InChI is InChI=1S/C26H25N3O4S2/c1-2-33-18-17-28-23-9-5-6-10-24(23)34-26(28)27-25(30)20-11-13-21(14-12-20)35(31,32)29-16-15-19-7-3-4-8-22(19)29/h3-14H,2,15-18H2,1H3. The third-order valence-electron chi connectivity index (χ3n) is 5.98. The van der Waals surface area contributed by atoms with Crippen molar-refractivity contribution in [3.05, 3.63) is 88.7 Å². The molecule has 0 aliphatic carbocycles. The lowest BCUT2D eigenvalue weighted by Crippen LogP contribution is -2.29. The SMILES string of the molecule is CCOCCn1c(=NC(=O)c2ccc(S(=O)(=O)N3CCc4ccccc43)cc2)sc2ccccc21. The van der Waals surface area contributed by atoms with Gasteiger partial charge in [0.2, 0.25) is 0 Å². The third kappa shape index (κ3) is 4.54. The molecule has 1 amide bonds. The molecular formula is C26H25N3O4S2. The minimum absolute atomic E-state index is 0.152. The molecule has 0 bridgehead atoms. The molecule has 0 saturated heterocycles. The van der Waals surface area contributed by atoms with Gasteiger partial charge in [0.05, 0.1) is 27.4 Å². The molecule has 1 aromatic heterocycles. The van der Waals surface area contributed by atoms with Crippen LogP contribution in [0.4, 0.5) is 5.69 Å². The van der Waals surface area contributed by atoms with Gasteiger partial charge in [-0.1, -0.05) is 41.7 Å². The fourth-order valence-corrected chi connectivity index (χ4v) is 6.79. The van der Waals surface area contributed by atoms with Gasteiger partial charge in [0.25, 0.3) is 15.9 Å². The van der Waals surface area contributed by atoms with Gasteiger partial charge in [0, 0.05) is 25.3 Å². The molecule has 3 aromatic carbocycles. The van der Waals surface area contributed by atoms with Gasteiger partial charge in [0.1, 0.15) is 0 Å². The number of aromatic nitrogens is 1. The van der Waals surface area contributed by atoms with E-state index in [-0.39, 0.29) is 4.90 Å². The molecule has 2 heterocycles. The zero-order valence-electron chi connectivity index (χ0n) is 19.3. The molecule has 0 radical (unpaired) electrons. The molecule has 7 nitrogen and oxygen atoms in total. The number of benzene rings is 3. The number of fused-ring (bicyclic) bond motifs is 2. The minimum Gasteiger partial charge on any atom is -0.380 e. The van der Waals surface area contributed by atoms with Crippen LogP contribution in [0.25, 0.3) is 10.2 Å². The van der Waals surface area contributed by atoms with E-state index in [9.17, 15) is 13.2 Å². The number of ether oxygens (including phenoxy) is 1. The second-order valence-corrected chi connectivity index (χ2v) is 11.0. The summed E-state index contributed by atoms with van der Waals surface area (Å²) in [5.74, 6) is -0.419. The van der Waals surface area contributed by atoms with Crippen molar-refractivity contribution in [2.24, 2.45) is 4.99 Å². The van der Waals surface area contributed by atoms with Gasteiger partial charge in [-0.3, -0.25) is 9.10 Å². The molecular weight excluding hydrogens is 482 g/mol. The van der Waals surface area contributed by atoms with Crippen LogP contribution in [0, 0.1) is 0 Å². The molecule has 9 heteroatoms. The summed E-state index contributed by atoms with van der Waals surface area (Å²) in [6.45, 7) is 4.07. The van der Waals surface area contributed by atoms with E-state index in [4.69, 9.17) is 4.74 Å². The Kier molecular flexibility index (Phi) is 6.55. The Morgan fingerprint density at radius 1 is 1.03 bits per heavy atom. The zero-order chi connectivity index (χ0) is 24.4. The number of hydrogen-bond acceptors (Lipinski definition) is 5. The summed E-state index contributed by atoms with van der Waals surface area (Å²) < 4.78 is 36.4. The highest BCUT2D eigenvalue weighted by Gasteiger charge is 2.30. The van der Waals surface area contributed by atoms with Crippen molar-refractivity contribution in [2.45, 2.75) is 24.8 Å². The number of rotatable bonds is 7. The van der Waals surface area contributed by atoms with Crippen molar-refractivity contribution in [3.8, 4) is 0 Å². The number of carbonyl (C=O) groups is 1. The average molecular weight is 508 g/mol. The molecule has 0 N–H and O–H groups in total. The van der Waals surface area contributed by atoms with E-state index in [2.05, 4.69) is 4.99 Å². The first-order chi connectivity index (χ1) is 17.0. The summed E-state index contributed by atoms with van der Waals surface area (Å²) in [7, 11) is -3.71. The summed E-state index contributed by atoms with van der Waals surface area (Å²) in [6, 6.07) is 21.4. The van der Waals surface area contributed by atoms with E-state index in [1.165, 1.54) is 39.9 Å². The highest BCUT2D eigenvalue weighted by Crippen LogP contribution is 2.32. The Bertz CT molecular complexity index is 1550. The first-order valence-corrected chi connectivity index (χ1v) is 13.7. The Hall–Kier alpha value is -3.27. The molecule has 180 valence electrons. The largest absolute Gasteiger partial charge is 0.380 e. The van der Waals surface area contributed by atoms with Gasteiger partial charge in [0.15, 0.2) is 4.80 Å². The van der Waals surface area contributed by atoms with E-state index in [1.807, 2.05) is 60.0 Å². The van der Waals surface area contributed by atoms with Crippen LogP contribution in [0.2, 0.25) is 0 Å². The van der Waals surface area contributed by atoms with Gasteiger partial charge >= 0.3 is 0 Å². The summed E-state index contributed by atoms with van der Waals surface area (Å²) in [5, 5.41) is 0. The van der Waals surface area contributed by atoms with Crippen LogP contribution in [0.3, 0.4) is 0 Å². The second kappa shape index (κ2) is 9.77. The number of anilines is 1. The fourth-order valence-electron chi connectivity index (χ4n) is 4.23. The van der Waals surface area contributed by atoms with Crippen molar-refractivity contribution >= 4 is 43.2 Å². The second-order valence-electron chi connectivity index (χ2n) is 8.10. The normalized spacial score (nSPS) is 14.0. The maximum atomic E-state index is 13.2. The monoisotopic (exact) mass is 507 g/mol. The lowest BCUT2D eigenvalue weighted by atomic mass is 10.2. The molecule has 0 spiro atoms. The van der Waals surface area contributed by atoms with Crippen molar-refractivity contribution < 1.29 is 17.9 Å². The number of nitrogens with zero attached hydrogens (tertiary/aromatic N) is 3. The van der Waals surface area contributed by atoms with Crippen LogP contribution >= 0.6 is 11.3 Å². The highest BCUT2D eigenvalue weighted by molar-refractivity contribution is 7.92. The smallest absolute Gasteiger partial charge is 0.279 e. The van der Waals surface area contributed by atoms with E-state index >= 15 is 0 Å². The predicted octanol–water partition coefficient (Wildman–Crippen LogP) is 4.23. The van der Waals surface area contributed by atoms with Gasteiger partial charge in [-0.25, -0.2) is 8.42 Å². The van der Waals surface area contributed by atoms with E-state index in [0.717, 1.165) is 15.8 Å². The predicted molar refractivity (Wildman–Crippen MR) is 137 cm³/mol. The summed E-state index contributed by atoms with van der Waals surface area (Å²) in [6.07, 6.45) is 0.684. The van der Waals surface area contributed by atoms with Crippen molar-refractivity contribution in [1.82, 2.24) is 4.57 Å². The molecule has 0 atom stereocenters. The number of amides is 1. The topological polar surface area (TPSA) is 81.0 Å². The molecule has 0 fully saturated rings. The number of para-hydroxylation sites is 2. The van der Waals surface area contributed by atoms with E-state index < -0.39 is 15.9 Å². The first kappa shape index (κ1) is 23.5. The van der Waals surface area contributed by atoms with Crippen LogP contribution in [0.1, 0.15) is 22.8 Å². The Labute approximate surface area is 208 Å². The number of thiazole rings is 1. The lowest BCUT2D eigenvalue weighted by molar-refractivity contribution is 0.0996. The van der Waals surface area contributed by atoms with Crippen molar-refractivity contribution in [1.29, 1.82) is 0 Å². The quantitative estimate of drug-likeness (QED) is 0.351. The van der Waals surface area contributed by atoms with Crippen molar-refractivity contribution in [2.75, 3.05) is 24.1 Å². The zero-order valence-corrected chi connectivity index (χ0v) is 20.9. The van der Waals surface area contributed by atoms with Gasteiger partial charge < -0.3 is 9.30 Å². The van der Waals surface area contributed by atoms with E-state index in [0.29, 0.717) is 48.8 Å². The molecule has 0 unspecified atom stereocenters. The van der Waals surface area contributed by atoms with Gasteiger partial charge in [-0.15, -0.1) is 0 Å². The molecule has 0 saturated carbocycles. The van der Waals surface area contributed by atoms with Gasteiger partial charge in [-0.05, 0) is 61.4 Å². The third-order valence-corrected chi connectivity index (χ3v) is 8.87. The molecule has 5 rings (SSSR count). The molecule has 4 aromatic rings. The van der Waals surface area contributed by atoms with Crippen LogP contribution < -0.4 is 9.11 Å². The minimum atomic E-state index is -3.71. The highest BCUT2D eigenvalue weighted by atomic mass is 32.2. The van der Waals surface area contributed by atoms with Gasteiger partial charge in [-0.2, -0.15) is 4.99 Å². The number of hydrogen-bond donors (Lipinski definition) is 0. The average Bonchev–Trinajstić information content (AvgIpc) is 3.46. The van der Waals surface area contributed by atoms with Crippen LogP contribution in [0.5, 0.6) is 0 Å². The lowest BCUT2D eigenvalue weighted by Gasteiger charge is -2.19. The van der Waals surface area contributed by atoms with Crippen LogP contribution in [-0.2, 0) is 27.7 Å². The molecule has 1 aliphatic rings. The van der Waals surface area contributed by atoms with Crippen LogP contribution in [0.15, 0.2) is 82.7 Å². The maximum absolute atomic E-state index is 13.2. The molecule has 35 heavy (non-hydrogen) atoms. The number of carbonyl (C=O) groups excluding carboxylic acids is 1. The summed E-state index contributed by atoms with van der Waals surface area (Å²) >= 11 is 1.44. The molecule has 1 aliphatic heterocycles. The van der Waals surface area contributed by atoms with Crippen molar-refractivity contribution in [3.63, 3.8) is 0 Å². The maximum Gasteiger partial charge on any atom is 0.279 e. The fraction of sp³-hybridized carbons (Fsp3) is 0.231. The Morgan fingerprint density at radius 2 is 1.77 bits per heavy atom. The van der Waals surface area contributed by atoms with Crippen LogP contribution in [-0.4, -0.2) is 38.7 Å². The van der Waals surface area contributed by atoms with E-state index in [1.54, 1.807) is 0 Å². The summed E-state index contributed by atoms with van der Waals surface area (Å²) in [4.78, 5) is 18.1. The first-order valence-electron chi connectivity index (χ1n) is 11.4. The Balaban J connectivity index is 1.43. The number of sulfonamides is 1.